The largest absolute Gasteiger partial charge is 0.454 e. The van der Waals surface area contributed by atoms with E-state index in [9.17, 15) is 5.26 Å². The van der Waals surface area contributed by atoms with E-state index in [-0.39, 0.29) is 0 Å². The van der Waals surface area contributed by atoms with Crippen LogP contribution < -0.4 is 0 Å². The second-order valence-electron chi connectivity index (χ2n) is 16.8. The van der Waals surface area contributed by atoms with Crippen LogP contribution in [0.5, 0.6) is 0 Å². The molecule has 0 radical (unpaired) electrons. The minimum Gasteiger partial charge on any atom is -0.454 e. The third-order valence-corrected chi connectivity index (χ3v) is 13.1. The number of rotatable bonds is 6. The predicted molar refractivity (Wildman–Crippen MR) is 269 cm³/mol. The van der Waals surface area contributed by atoms with Crippen molar-refractivity contribution in [1.82, 2.24) is 9.13 Å². The molecule has 0 bridgehead atoms. The van der Waals surface area contributed by atoms with Crippen molar-refractivity contribution >= 4 is 65.6 Å². The lowest BCUT2D eigenvalue weighted by Gasteiger charge is -2.16. The normalized spacial score (nSPS) is 11.7. The van der Waals surface area contributed by atoms with Gasteiger partial charge in [0.25, 0.3) is 0 Å². The van der Waals surface area contributed by atoms with Gasteiger partial charge in [0, 0.05) is 26.9 Å². The summed E-state index contributed by atoms with van der Waals surface area (Å²) in [7, 11) is 0. The summed E-state index contributed by atoms with van der Waals surface area (Å²) >= 11 is 0. The Labute approximate surface area is 374 Å². The van der Waals surface area contributed by atoms with Gasteiger partial charge in [0.2, 0.25) is 0 Å². The van der Waals surface area contributed by atoms with E-state index >= 15 is 0 Å². The number of furan rings is 1. The quantitative estimate of drug-likeness (QED) is 0.168. The van der Waals surface area contributed by atoms with Crippen molar-refractivity contribution in [3.63, 3.8) is 0 Å². The van der Waals surface area contributed by atoms with Gasteiger partial charge in [-0.15, -0.1) is 0 Å². The molecule has 3 aromatic heterocycles. The van der Waals surface area contributed by atoms with Gasteiger partial charge >= 0.3 is 0 Å². The van der Waals surface area contributed by atoms with E-state index in [1.54, 1.807) is 0 Å². The highest BCUT2D eigenvalue weighted by atomic mass is 16.3. The van der Waals surface area contributed by atoms with Crippen molar-refractivity contribution in [2.24, 2.45) is 0 Å². The van der Waals surface area contributed by atoms with Crippen LogP contribution in [0.4, 0.5) is 0 Å². The Bertz CT molecular complexity index is 3850. The molecule has 10 aromatic carbocycles. The fourth-order valence-corrected chi connectivity index (χ4v) is 10.1. The zero-order valence-corrected chi connectivity index (χ0v) is 35.1. The fourth-order valence-electron chi connectivity index (χ4n) is 10.1. The summed E-state index contributed by atoms with van der Waals surface area (Å²) in [6.07, 6.45) is 0. The van der Waals surface area contributed by atoms with Crippen LogP contribution in [0.1, 0.15) is 5.56 Å². The van der Waals surface area contributed by atoms with Crippen LogP contribution in [0.2, 0.25) is 0 Å². The van der Waals surface area contributed by atoms with Gasteiger partial charge in [0.15, 0.2) is 5.58 Å². The third kappa shape index (κ3) is 5.77. The van der Waals surface area contributed by atoms with Gasteiger partial charge in [-0.3, -0.25) is 0 Å². The molecule has 13 aromatic rings. The summed E-state index contributed by atoms with van der Waals surface area (Å²) in [6, 6.07) is 82.0. The average molecular weight is 828 g/mol. The molecular formula is C61H37N3O. The zero-order valence-electron chi connectivity index (χ0n) is 35.1. The second-order valence-corrected chi connectivity index (χ2v) is 16.8. The smallest absolute Gasteiger partial charge is 0.162 e. The first-order chi connectivity index (χ1) is 32.2. The molecular weight excluding hydrogens is 791 g/mol. The highest BCUT2D eigenvalue weighted by Crippen LogP contribution is 2.46. The van der Waals surface area contributed by atoms with Crippen LogP contribution in [0.3, 0.4) is 0 Å². The molecule has 0 aliphatic rings. The fraction of sp³-hybridized carbons (Fsp3) is 0. The van der Waals surface area contributed by atoms with Crippen molar-refractivity contribution in [1.29, 1.82) is 5.26 Å². The lowest BCUT2D eigenvalue weighted by atomic mass is 10.0. The number of fused-ring (bicyclic) bond motifs is 9. The van der Waals surface area contributed by atoms with Crippen LogP contribution in [0.25, 0.3) is 121 Å². The van der Waals surface area contributed by atoms with Gasteiger partial charge in [0.05, 0.1) is 38.7 Å². The monoisotopic (exact) mass is 827 g/mol. The molecule has 302 valence electrons. The molecule has 0 N–H and O–H groups in total. The van der Waals surface area contributed by atoms with Crippen molar-refractivity contribution in [3.05, 3.63) is 230 Å². The molecule has 0 atom stereocenters. The van der Waals surface area contributed by atoms with Gasteiger partial charge in [-0.2, -0.15) is 5.26 Å². The Morgan fingerprint density at radius 3 is 1.11 bits per heavy atom. The summed E-state index contributed by atoms with van der Waals surface area (Å²) in [5.41, 5.74) is 16.8. The summed E-state index contributed by atoms with van der Waals surface area (Å²) in [5.74, 6) is 0. The number of hydrogen-bond acceptors (Lipinski definition) is 2. The Hall–Kier alpha value is -8.91. The van der Waals surface area contributed by atoms with Gasteiger partial charge in [-0.05, 0) is 105 Å². The highest BCUT2D eigenvalue weighted by Gasteiger charge is 2.27. The average Bonchev–Trinajstić information content (AvgIpc) is 4.04. The summed E-state index contributed by atoms with van der Waals surface area (Å²) < 4.78 is 11.7. The van der Waals surface area contributed by atoms with Crippen molar-refractivity contribution in [2.45, 2.75) is 0 Å². The molecule has 0 aliphatic carbocycles. The van der Waals surface area contributed by atoms with Crippen LogP contribution in [0, 0.1) is 11.3 Å². The number of hydrogen-bond donors (Lipinski definition) is 0. The van der Waals surface area contributed by atoms with Gasteiger partial charge in [0.1, 0.15) is 17.3 Å². The summed E-state index contributed by atoms with van der Waals surface area (Å²) in [4.78, 5) is 0. The van der Waals surface area contributed by atoms with Gasteiger partial charge < -0.3 is 13.6 Å². The van der Waals surface area contributed by atoms with E-state index in [2.05, 4.69) is 228 Å². The number of aromatic nitrogens is 2. The molecule has 4 nitrogen and oxygen atoms in total. The third-order valence-electron chi connectivity index (χ3n) is 13.1. The number of para-hydroxylation sites is 1. The van der Waals surface area contributed by atoms with Crippen LogP contribution in [0.15, 0.2) is 229 Å². The molecule has 4 heteroatoms. The van der Waals surface area contributed by atoms with E-state index < -0.39 is 0 Å². The SMILES string of the molecule is N#Cc1cc(-n2c3ccc(-c4ccccc4)cc3c3cc(-c4ccccc4)ccc32)c2c(oc3ccccc32)c1-n1c2ccc(-c3ccccc3)cc2c2cc(-c3ccccc3)ccc21. The number of nitriles is 1. The lowest BCUT2D eigenvalue weighted by molar-refractivity contribution is 0.666. The molecule has 0 saturated carbocycles. The molecule has 13 rings (SSSR count). The van der Waals surface area contributed by atoms with E-state index in [0.29, 0.717) is 11.1 Å². The van der Waals surface area contributed by atoms with Crippen molar-refractivity contribution in [2.75, 3.05) is 0 Å². The maximum atomic E-state index is 11.4. The standard InChI is InChI=1S/C61H37N3O/c62-38-47-37-57(63-53-29-25-43(39-15-5-1-6-16-39)33-49(53)50-34-44(26-30-54(50)63)40-17-7-2-8-18-40)59-48-23-13-14-24-58(48)65-61(59)60(47)64-55-31-27-45(41-19-9-3-10-20-41)35-51(55)52-36-46(28-32-56(52)64)42-21-11-4-12-22-42/h1-37H. The van der Waals surface area contributed by atoms with Gasteiger partial charge in [-0.25, -0.2) is 0 Å². The van der Waals surface area contributed by atoms with Crippen molar-refractivity contribution in [3.8, 4) is 62.0 Å². The Morgan fingerprint density at radius 1 is 0.338 bits per heavy atom. The van der Waals surface area contributed by atoms with E-state index in [1.807, 2.05) is 12.1 Å². The predicted octanol–water partition coefficient (Wildman–Crippen LogP) is 16.3. The van der Waals surface area contributed by atoms with Crippen LogP contribution in [-0.4, -0.2) is 9.13 Å². The minimum absolute atomic E-state index is 0.515. The molecule has 65 heavy (non-hydrogen) atoms. The first-order valence-corrected chi connectivity index (χ1v) is 22.0. The lowest BCUT2D eigenvalue weighted by Crippen LogP contribution is -2.02. The maximum absolute atomic E-state index is 11.4. The topological polar surface area (TPSA) is 46.8 Å². The van der Waals surface area contributed by atoms with Crippen LogP contribution in [-0.2, 0) is 0 Å². The van der Waals surface area contributed by atoms with Crippen molar-refractivity contribution < 1.29 is 4.42 Å². The molecule has 0 spiro atoms. The van der Waals surface area contributed by atoms with E-state index in [1.165, 1.54) is 0 Å². The Morgan fingerprint density at radius 2 is 0.708 bits per heavy atom. The Balaban J connectivity index is 1.13. The summed E-state index contributed by atoms with van der Waals surface area (Å²) in [5, 5.41) is 17.8. The maximum Gasteiger partial charge on any atom is 0.162 e. The van der Waals surface area contributed by atoms with Crippen LogP contribution >= 0.6 is 0 Å². The van der Waals surface area contributed by atoms with E-state index in [4.69, 9.17) is 4.42 Å². The second kappa shape index (κ2) is 14.6. The number of nitrogens with zero attached hydrogens (tertiary/aromatic N) is 3. The molecule has 0 aliphatic heterocycles. The molecule has 0 fully saturated rings. The zero-order chi connectivity index (χ0) is 43.0. The first kappa shape index (κ1) is 36.7. The highest BCUT2D eigenvalue weighted by molar-refractivity contribution is 6.19. The van der Waals surface area contributed by atoms with E-state index in [0.717, 1.165) is 116 Å². The summed E-state index contributed by atoms with van der Waals surface area (Å²) in [6.45, 7) is 0. The minimum atomic E-state index is 0.515. The molecule has 0 unspecified atom stereocenters. The molecule has 0 saturated heterocycles. The number of benzene rings is 10. The molecule has 3 heterocycles. The molecule has 0 amide bonds. The Kier molecular flexibility index (Phi) is 8.24. The first-order valence-electron chi connectivity index (χ1n) is 22.0. The van der Waals surface area contributed by atoms with Gasteiger partial charge in [-0.1, -0.05) is 164 Å².